The van der Waals surface area contributed by atoms with Crippen molar-refractivity contribution in [1.29, 1.82) is 0 Å². The monoisotopic (exact) mass is 422 g/mol. The molecule has 0 aromatic heterocycles. The van der Waals surface area contributed by atoms with Crippen molar-refractivity contribution in [1.82, 2.24) is 9.80 Å². The lowest BCUT2D eigenvalue weighted by atomic mass is 10.00. The van der Waals surface area contributed by atoms with E-state index in [1.54, 1.807) is 0 Å². The first kappa shape index (κ1) is 21.8. The molecule has 0 unspecified atom stereocenters. The summed E-state index contributed by atoms with van der Waals surface area (Å²) in [7, 11) is 0. The molecule has 0 atom stereocenters. The third-order valence-corrected chi connectivity index (χ3v) is 6.16. The highest BCUT2D eigenvalue weighted by Gasteiger charge is 2.18. The molecule has 166 valence electrons. The average molecular weight is 423 g/mol. The van der Waals surface area contributed by atoms with Crippen molar-refractivity contribution < 1.29 is 14.3 Å². The summed E-state index contributed by atoms with van der Waals surface area (Å²) < 4.78 is 11.8. The van der Waals surface area contributed by atoms with Crippen molar-refractivity contribution in [2.45, 2.75) is 39.2 Å². The molecule has 1 amide bonds. The number of nitrogens with zero attached hydrogens (tertiary/aromatic N) is 2. The van der Waals surface area contributed by atoms with Gasteiger partial charge in [0.1, 0.15) is 12.4 Å². The van der Waals surface area contributed by atoms with Crippen LogP contribution in [0.5, 0.6) is 5.75 Å². The van der Waals surface area contributed by atoms with Gasteiger partial charge in [-0.25, -0.2) is 0 Å². The fourth-order valence-electron chi connectivity index (χ4n) is 4.46. The largest absolute Gasteiger partial charge is 0.491 e. The second-order valence-electron chi connectivity index (χ2n) is 8.68. The van der Waals surface area contributed by atoms with E-state index in [2.05, 4.69) is 54.3 Å². The molecule has 4 rings (SSSR count). The molecule has 2 bridgehead atoms. The molecule has 0 saturated carbocycles. The van der Waals surface area contributed by atoms with E-state index < -0.39 is 0 Å². The summed E-state index contributed by atoms with van der Waals surface area (Å²) in [4.78, 5) is 17.4. The molecule has 0 spiro atoms. The number of hydrogen-bond acceptors (Lipinski definition) is 4. The van der Waals surface area contributed by atoms with E-state index in [4.69, 9.17) is 9.47 Å². The van der Waals surface area contributed by atoms with Crippen LogP contribution >= 0.6 is 0 Å². The number of amides is 1. The topological polar surface area (TPSA) is 42.0 Å². The van der Waals surface area contributed by atoms with Crippen molar-refractivity contribution in [2.24, 2.45) is 0 Å². The molecular weight excluding hydrogens is 388 g/mol. The summed E-state index contributed by atoms with van der Waals surface area (Å²) >= 11 is 0. The van der Waals surface area contributed by atoms with Crippen LogP contribution in [0.15, 0.2) is 42.5 Å². The van der Waals surface area contributed by atoms with Gasteiger partial charge in [0.05, 0.1) is 13.2 Å². The molecule has 1 saturated heterocycles. The zero-order valence-corrected chi connectivity index (χ0v) is 18.6. The van der Waals surface area contributed by atoms with Gasteiger partial charge in [-0.2, -0.15) is 0 Å². The molecule has 2 heterocycles. The number of fused-ring (bicyclic) bond motifs is 3. The Labute approximate surface area is 185 Å². The Morgan fingerprint density at radius 2 is 1.81 bits per heavy atom. The summed E-state index contributed by atoms with van der Waals surface area (Å²) in [5.74, 6) is 1.14. The maximum Gasteiger partial charge on any atom is 0.224 e. The lowest BCUT2D eigenvalue weighted by Crippen LogP contribution is -2.36. The van der Waals surface area contributed by atoms with Gasteiger partial charge in [-0.1, -0.05) is 42.0 Å². The standard InChI is InChI=1S/C26H34N2O3/c1-21-7-8-25-24(17-21)19-22-5-4-6-23(18-22)20-28(13-14-30-15-16-31-25)26(29)9-12-27-10-2-3-11-27/h4-8,17-18H,2-3,9-16,19-20H2,1H3. The molecule has 2 aromatic rings. The maximum atomic E-state index is 13.0. The number of likely N-dealkylation sites (tertiary alicyclic amines) is 1. The number of rotatable bonds is 3. The molecule has 2 aromatic carbocycles. The number of carbonyl (C=O) groups excluding carboxylic acids is 1. The predicted molar refractivity (Wildman–Crippen MR) is 122 cm³/mol. The van der Waals surface area contributed by atoms with Crippen molar-refractivity contribution in [3.63, 3.8) is 0 Å². The van der Waals surface area contributed by atoms with Gasteiger partial charge in [0.25, 0.3) is 0 Å². The number of ether oxygens (including phenoxy) is 2. The maximum absolute atomic E-state index is 13.0. The quantitative estimate of drug-likeness (QED) is 0.754. The average Bonchev–Trinajstić information content (AvgIpc) is 3.28. The molecule has 5 nitrogen and oxygen atoms in total. The van der Waals surface area contributed by atoms with E-state index >= 15 is 0 Å². The number of carbonyl (C=O) groups is 1. The molecule has 0 aliphatic carbocycles. The first-order valence-electron chi connectivity index (χ1n) is 11.6. The minimum absolute atomic E-state index is 0.213. The van der Waals surface area contributed by atoms with Crippen molar-refractivity contribution >= 4 is 5.91 Å². The van der Waals surface area contributed by atoms with Gasteiger partial charge in [0.15, 0.2) is 0 Å². The Kier molecular flexibility index (Phi) is 7.60. The van der Waals surface area contributed by atoms with Crippen LogP contribution in [-0.2, 0) is 22.5 Å². The van der Waals surface area contributed by atoms with Crippen LogP contribution in [0.2, 0.25) is 0 Å². The van der Waals surface area contributed by atoms with Gasteiger partial charge in [-0.05, 0) is 55.6 Å². The van der Waals surface area contributed by atoms with Gasteiger partial charge in [-0.15, -0.1) is 0 Å². The normalized spacial score (nSPS) is 18.2. The molecule has 31 heavy (non-hydrogen) atoms. The fraction of sp³-hybridized carbons (Fsp3) is 0.500. The molecule has 0 radical (unpaired) electrons. The second kappa shape index (κ2) is 10.8. The lowest BCUT2D eigenvalue weighted by Gasteiger charge is -2.25. The predicted octanol–water partition coefficient (Wildman–Crippen LogP) is 3.81. The smallest absolute Gasteiger partial charge is 0.224 e. The van der Waals surface area contributed by atoms with Crippen LogP contribution < -0.4 is 4.74 Å². The van der Waals surface area contributed by atoms with E-state index in [1.807, 2.05) is 4.90 Å². The Hall–Kier alpha value is -2.37. The van der Waals surface area contributed by atoms with Gasteiger partial charge in [-0.3, -0.25) is 4.79 Å². The second-order valence-corrected chi connectivity index (χ2v) is 8.68. The van der Waals surface area contributed by atoms with Gasteiger partial charge < -0.3 is 19.3 Å². The van der Waals surface area contributed by atoms with E-state index in [-0.39, 0.29) is 5.91 Å². The zero-order valence-electron chi connectivity index (χ0n) is 18.6. The summed E-state index contributed by atoms with van der Waals surface area (Å²) in [6.07, 6.45) is 3.90. The lowest BCUT2D eigenvalue weighted by molar-refractivity contribution is -0.133. The summed E-state index contributed by atoms with van der Waals surface area (Å²) in [5, 5.41) is 0. The van der Waals surface area contributed by atoms with E-state index in [0.29, 0.717) is 39.3 Å². The van der Waals surface area contributed by atoms with E-state index in [0.717, 1.165) is 31.8 Å². The van der Waals surface area contributed by atoms with Gasteiger partial charge in [0, 0.05) is 32.5 Å². The summed E-state index contributed by atoms with van der Waals surface area (Å²) in [6, 6.07) is 14.9. The Morgan fingerprint density at radius 3 is 2.68 bits per heavy atom. The van der Waals surface area contributed by atoms with Crippen molar-refractivity contribution in [3.8, 4) is 5.75 Å². The van der Waals surface area contributed by atoms with E-state index in [1.165, 1.54) is 35.1 Å². The molecule has 1 fully saturated rings. The molecule has 2 aliphatic heterocycles. The third kappa shape index (κ3) is 6.31. The van der Waals surface area contributed by atoms with Crippen molar-refractivity contribution in [2.75, 3.05) is 46.0 Å². The highest BCUT2D eigenvalue weighted by molar-refractivity contribution is 5.76. The number of benzene rings is 2. The van der Waals surface area contributed by atoms with Gasteiger partial charge in [0.2, 0.25) is 5.91 Å². The van der Waals surface area contributed by atoms with Crippen LogP contribution in [0, 0.1) is 6.92 Å². The summed E-state index contributed by atoms with van der Waals surface area (Å²) in [5.41, 5.74) is 4.82. The SMILES string of the molecule is Cc1ccc2c(c1)Cc1cccc(c1)CN(C(=O)CCN1CCCC1)CCOCCO2. The van der Waals surface area contributed by atoms with Crippen LogP contribution in [0.4, 0.5) is 0 Å². The van der Waals surface area contributed by atoms with Gasteiger partial charge >= 0.3 is 0 Å². The Morgan fingerprint density at radius 1 is 0.968 bits per heavy atom. The van der Waals surface area contributed by atoms with Crippen LogP contribution in [0.25, 0.3) is 0 Å². The Balaban J connectivity index is 1.50. The minimum atomic E-state index is 0.213. The first-order chi connectivity index (χ1) is 15.2. The van der Waals surface area contributed by atoms with Crippen LogP contribution in [0.3, 0.4) is 0 Å². The van der Waals surface area contributed by atoms with Crippen molar-refractivity contribution in [3.05, 3.63) is 64.7 Å². The molecular formula is C26H34N2O3. The molecule has 2 aliphatic rings. The number of aryl methyl sites for hydroxylation is 1. The fourth-order valence-corrected chi connectivity index (χ4v) is 4.46. The van der Waals surface area contributed by atoms with Crippen LogP contribution in [-0.4, -0.2) is 61.7 Å². The van der Waals surface area contributed by atoms with E-state index in [9.17, 15) is 4.79 Å². The highest BCUT2D eigenvalue weighted by Crippen LogP contribution is 2.24. The molecule has 0 N–H and O–H groups in total. The minimum Gasteiger partial charge on any atom is -0.491 e. The number of hydrogen-bond donors (Lipinski definition) is 0. The van der Waals surface area contributed by atoms with Crippen LogP contribution in [0.1, 0.15) is 41.5 Å². The summed E-state index contributed by atoms with van der Waals surface area (Å²) in [6.45, 7) is 8.02. The zero-order chi connectivity index (χ0) is 21.5. The third-order valence-electron chi connectivity index (χ3n) is 6.16. The Bertz CT molecular complexity index is 877. The highest BCUT2D eigenvalue weighted by atomic mass is 16.5. The molecule has 5 heteroatoms. The first-order valence-corrected chi connectivity index (χ1v) is 11.6.